The number of unbranched alkanes of at least 4 members (excludes halogenated alkanes) is 12. The molecule has 0 aliphatic rings. The second-order valence-corrected chi connectivity index (χ2v) is 12.8. The topological polar surface area (TPSA) is 171 Å². The fourth-order valence-corrected chi connectivity index (χ4v) is 4.26. The molecule has 0 amide bonds. The van der Waals surface area contributed by atoms with E-state index >= 15 is 0 Å². The summed E-state index contributed by atoms with van der Waals surface area (Å²) >= 11 is -3.42. The van der Waals surface area contributed by atoms with Gasteiger partial charge in [0.15, 0.2) is 0 Å². The van der Waals surface area contributed by atoms with Crippen molar-refractivity contribution in [3.63, 3.8) is 0 Å². The van der Waals surface area contributed by atoms with Gasteiger partial charge in [-0.1, -0.05) is 78.1 Å². The molecular weight excluding hydrogens is 522 g/mol. The van der Waals surface area contributed by atoms with Crippen molar-refractivity contribution in [3.05, 3.63) is 0 Å². The molecule has 0 bridgehead atoms. The number of rotatable bonds is 20. The van der Waals surface area contributed by atoms with Gasteiger partial charge in [0.05, 0.1) is 0 Å². The first-order valence-corrected chi connectivity index (χ1v) is 18.1. The molecule has 0 spiro atoms. The molecule has 0 aromatic rings. The van der Waals surface area contributed by atoms with Crippen LogP contribution in [-0.2, 0) is 39.4 Å². The monoisotopic (exact) mass is 572 g/mol. The van der Waals surface area contributed by atoms with Crippen molar-refractivity contribution in [1.29, 1.82) is 0 Å². The van der Waals surface area contributed by atoms with Gasteiger partial charge in [-0.2, -0.15) is 0 Å². The minimum atomic E-state index is -3.72. The van der Waals surface area contributed by atoms with Crippen LogP contribution in [0.15, 0.2) is 0 Å². The van der Waals surface area contributed by atoms with Crippen molar-refractivity contribution in [2.45, 2.75) is 117 Å². The third kappa shape index (κ3) is 49.7. The Hall–Kier alpha value is 0.694. The maximum absolute atomic E-state index is 10.4. The normalized spacial score (nSPS) is 11.3. The first kappa shape index (κ1) is 39.2. The van der Waals surface area contributed by atoms with Gasteiger partial charge in [0, 0.05) is 12.3 Å². The van der Waals surface area contributed by atoms with E-state index < -0.39 is 33.8 Å². The molecule has 0 atom stereocenters. The van der Waals surface area contributed by atoms with Crippen LogP contribution in [0.25, 0.3) is 0 Å². The summed E-state index contributed by atoms with van der Waals surface area (Å²) in [5, 5.41) is 0. The van der Waals surface area contributed by atoms with Crippen molar-refractivity contribution in [2.24, 2.45) is 0 Å². The first-order valence-electron chi connectivity index (χ1n) is 12.5. The fourth-order valence-electron chi connectivity index (χ4n) is 2.70. The van der Waals surface area contributed by atoms with Crippen molar-refractivity contribution in [2.75, 3.05) is 18.9 Å². The second kappa shape index (κ2) is 28.3. The summed E-state index contributed by atoms with van der Waals surface area (Å²) in [5.41, 5.74) is 0. The van der Waals surface area contributed by atoms with Gasteiger partial charge in [-0.3, -0.25) is 9.13 Å². The van der Waals surface area contributed by atoms with Crippen LogP contribution < -0.4 is 0 Å². The van der Waals surface area contributed by atoms with Crippen LogP contribution in [-0.4, -0.2) is 42.2 Å². The zero-order chi connectivity index (χ0) is 26.7. The molecule has 13 heteroatoms. The zero-order valence-corrected chi connectivity index (χ0v) is 24.8. The molecule has 0 fully saturated rings. The van der Waals surface area contributed by atoms with Gasteiger partial charge < -0.3 is 19.6 Å². The molecule has 0 unspecified atom stereocenters. The average molecular weight is 572 g/mol. The minimum absolute atomic E-state index is 0.0547. The Kier molecular flexibility index (Phi) is 32.6. The van der Waals surface area contributed by atoms with Crippen LogP contribution in [0.3, 0.4) is 0 Å². The van der Waals surface area contributed by atoms with Crippen molar-refractivity contribution < 1.29 is 62.7 Å². The average Bonchev–Trinajstić information content (AvgIpc) is 2.72. The Labute approximate surface area is 213 Å². The van der Waals surface area contributed by atoms with Crippen molar-refractivity contribution in [1.82, 2.24) is 0 Å². The van der Waals surface area contributed by atoms with Gasteiger partial charge in [-0.15, -0.1) is 0 Å². The number of hydrogen-bond donors (Lipinski definition) is 5. The summed E-state index contributed by atoms with van der Waals surface area (Å²) in [6.07, 6.45) is 15.8. The molecule has 0 saturated heterocycles. The quantitative estimate of drug-likeness (QED) is 0.0385. The second-order valence-electron chi connectivity index (χ2n) is 8.19. The van der Waals surface area contributed by atoms with Crippen LogP contribution in [0.1, 0.15) is 117 Å². The molecule has 0 aromatic carbocycles. The Balaban J connectivity index is -0.000000426. The van der Waals surface area contributed by atoms with E-state index in [-0.39, 0.29) is 12.3 Å². The molecule has 0 rings (SSSR count). The summed E-state index contributed by atoms with van der Waals surface area (Å²) in [4.78, 5) is 38.5. The Morgan fingerprint density at radius 1 is 0.588 bits per heavy atom. The van der Waals surface area contributed by atoms with Crippen LogP contribution in [0.5, 0.6) is 0 Å². The fraction of sp³-hybridized carbons (Fsp3) is 1.00. The molecule has 5 N–H and O–H groups in total. The van der Waals surface area contributed by atoms with E-state index in [1.807, 2.05) is 0 Å². The molecule has 208 valence electrons. The summed E-state index contributed by atoms with van der Waals surface area (Å²) in [5.74, 6) is 0. The van der Waals surface area contributed by atoms with E-state index in [1.54, 1.807) is 0 Å². The molecular formula is C21H50O10P2Ti. The molecule has 0 aliphatic heterocycles. The molecule has 0 radical (unpaired) electrons. The maximum atomic E-state index is 10.4. The molecule has 34 heavy (non-hydrogen) atoms. The van der Waals surface area contributed by atoms with Crippen LogP contribution in [0.4, 0.5) is 0 Å². The summed E-state index contributed by atoms with van der Waals surface area (Å²) in [6, 6.07) is 0. The standard InChI is InChI=1S/2C8H19O3P.C5H12O2.H2O.O.Ti/c2*1-2-3-4-5-6-7-8-12(9,10)11;1-2-3-4-5-7-6;;;/h2*2-8H2,1H3,(H2,9,10,11);6H,2-5H2,1H3;1H2;;/q;;;;;+2/p-2. The third-order valence-corrected chi connectivity index (χ3v) is 6.77. The van der Waals surface area contributed by atoms with Crippen molar-refractivity contribution in [3.8, 4) is 0 Å². The zero-order valence-electron chi connectivity index (χ0n) is 21.4. The Morgan fingerprint density at radius 2 is 0.912 bits per heavy atom. The van der Waals surface area contributed by atoms with Crippen LogP contribution in [0.2, 0.25) is 0 Å². The molecule has 10 nitrogen and oxygen atoms in total. The van der Waals surface area contributed by atoms with Gasteiger partial charge in [0.1, 0.15) is 0 Å². The van der Waals surface area contributed by atoms with E-state index in [9.17, 15) is 12.5 Å². The molecule has 0 saturated carbocycles. The molecule has 0 aromatic heterocycles. The van der Waals surface area contributed by atoms with E-state index in [1.165, 1.54) is 38.5 Å². The molecule has 0 heterocycles. The predicted octanol–water partition coefficient (Wildman–Crippen LogP) is 5.96. The van der Waals surface area contributed by atoms with E-state index in [2.05, 4.69) is 29.1 Å². The van der Waals surface area contributed by atoms with E-state index in [0.29, 0.717) is 19.4 Å². The van der Waals surface area contributed by atoms with Crippen LogP contribution in [0, 0.1) is 0 Å². The molecule has 0 aliphatic carbocycles. The number of hydrogen-bond acceptors (Lipinski definition) is 5. The van der Waals surface area contributed by atoms with Crippen molar-refractivity contribution >= 4 is 15.2 Å². The third-order valence-electron chi connectivity index (χ3n) is 4.57. The van der Waals surface area contributed by atoms with Gasteiger partial charge in [0.25, 0.3) is 0 Å². The summed E-state index contributed by atoms with van der Waals surface area (Å²) in [7, 11) is -7.44. The first-order chi connectivity index (χ1) is 15.9. The predicted molar refractivity (Wildman–Crippen MR) is 130 cm³/mol. The summed E-state index contributed by atoms with van der Waals surface area (Å²) < 4.78 is 43.0. The van der Waals surface area contributed by atoms with Gasteiger partial charge in [-0.05, 0) is 12.8 Å². The Morgan fingerprint density at radius 3 is 1.24 bits per heavy atom. The van der Waals surface area contributed by atoms with Crippen LogP contribution >= 0.6 is 15.2 Å². The Bertz CT molecular complexity index is 492. The van der Waals surface area contributed by atoms with E-state index in [4.69, 9.17) is 23.3 Å². The SMILES string of the molecule is CCCCCCCCP(=O)(O)O.CCCCCCCCP(=O)(O)O.CCCCCO[O][Ti](=[O])[OH]. The van der Waals surface area contributed by atoms with Gasteiger partial charge >= 0.3 is 82.0 Å². The van der Waals surface area contributed by atoms with Gasteiger partial charge in [0.2, 0.25) is 0 Å². The van der Waals surface area contributed by atoms with Gasteiger partial charge in [-0.25, -0.2) is 0 Å². The summed E-state index contributed by atoms with van der Waals surface area (Å²) in [6.45, 7) is 6.78. The van der Waals surface area contributed by atoms with E-state index in [0.717, 1.165) is 44.9 Å².